The zero-order chi connectivity index (χ0) is 16.5. The van der Waals surface area contributed by atoms with Crippen molar-refractivity contribution in [3.8, 4) is 0 Å². The van der Waals surface area contributed by atoms with Crippen molar-refractivity contribution in [2.75, 3.05) is 20.3 Å². The van der Waals surface area contributed by atoms with Crippen LogP contribution in [0.1, 0.15) is 11.1 Å². The molecule has 0 aliphatic heterocycles. The van der Waals surface area contributed by atoms with Gasteiger partial charge in [-0.15, -0.1) is 0 Å². The van der Waals surface area contributed by atoms with E-state index < -0.39 is 10.0 Å². The van der Waals surface area contributed by atoms with Crippen LogP contribution < -0.4 is 0 Å². The van der Waals surface area contributed by atoms with Gasteiger partial charge in [-0.25, -0.2) is 8.42 Å². The minimum atomic E-state index is -3.52. The quantitative estimate of drug-likeness (QED) is 0.746. The van der Waals surface area contributed by atoms with E-state index in [1.165, 1.54) is 9.71 Å². The van der Waals surface area contributed by atoms with Crippen LogP contribution in [-0.2, 0) is 21.3 Å². The van der Waals surface area contributed by atoms with Gasteiger partial charge in [0.25, 0.3) is 0 Å². The summed E-state index contributed by atoms with van der Waals surface area (Å²) >= 11 is 0. The lowest BCUT2D eigenvalue weighted by Gasteiger charge is -2.20. The molecule has 2 aromatic rings. The van der Waals surface area contributed by atoms with E-state index in [2.05, 4.69) is 0 Å². The lowest BCUT2D eigenvalue weighted by atomic mass is 10.2. The Morgan fingerprint density at radius 1 is 1.00 bits per heavy atom. The molecule has 0 aliphatic rings. The average molecular weight is 331 g/mol. The fourth-order valence-corrected chi connectivity index (χ4v) is 3.25. The second-order valence-electron chi connectivity index (χ2n) is 5.07. The number of methoxy groups -OCH3 is 1. The SMILES string of the molecule is COCCN(Cc1ccccc1)S(=O)(=O)/C=C/c1ccccc1. The Morgan fingerprint density at radius 3 is 2.22 bits per heavy atom. The van der Waals surface area contributed by atoms with Gasteiger partial charge in [-0.3, -0.25) is 0 Å². The smallest absolute Gasteiger partial charge is 0.236 e. The highest BCUT2D eigenvalue weighted by atomic mass is 32.2. The molecule has 0 aliphatic carbocycles. The van der Waals surface area contributed by atoms with Crippen molar-refractivity contribution in [1.82, 2.24) is 4.31 Å². The summed E-state index contributed by atoms with van der Waals surface area (Å²) in [6.45, 7) is 0.990. The Bertz CT molecular complexity index is 712. The maximum absolute atomic E-state index is 12.6. The Morgan fingerprint density at radius 2 is 1.61 bits per heavy atom. The second-order valence-corrected chi connectivity index (χ2v) is 6.89. The molecule has 0 aromatic heterocycles. The van der Waals surface area contributed by atoms with Crippen LogP contribution in [-0.4, -0.2) is 33.0 Å². The van der Waals surface area contributed by atoms with Crippen LogP contribution in [0.2, 0.25) is 0 Å². The van der Waals surface area contributed by atoms with Crippen molar-refractivity contribution in [3.05, 3.63) is 77.2 Å². The minimum absolute atomic E-state index is 0.312. The summed E-state index contributed by atoms with van der Waals surface area (Å²) in [4.78, 5) is 0. The maximum atomic E-state index is 12.6. The summed E-state index contributed by atoms with van der Waals surface area (Å²) in [5.74, 6) is 0. The molecule has 0 bridgehead atoms. The number of ether oxygens (including phenoxy) is 1. The van der Waals surface area contributed by atoms with Crippen LogP contribution in [0.4, 0.5) is 0 Å². The number of nitrogens with zero attached hydrogens (tertiary/aromatic N) is 1. The lowest BCUT2D eigenvalue weighted by Crippen LogP contribution is -2.32. The standard InChI is InChI=1S/C18H21NO3S/c1-22-14-13-19(16-18-10-6-3-7-11-18)23(20,21)15-12-17-8-4-2-5-9-17/h2-12,15H,13-14,16H2,1H3/b15-12+. The molecule has 0 saturated carbocycles. The van der Waals surface area contributed by atoms with Gasteiger partial charge >= 0.3 is 0 Å². The maximum Gasteiger partial charge on any atom is 0.236 e. The third-order valence-corrected chi connectivity index (χ3v) is 4.85. The van der Waals surface area contributed by atoms with E-state index in [-0.39, 0.29) is 0 Å². The fraction of sp³-hybridized carbons (Fsp3) is 0.222. The molecule has 122 valence electrons. The molecule has 0 radical (unpaired) electrons. The van der Waals surface area contributed by atoms with Gasteiger partial charge in [0.15, 0.2) is 0 Å². The summed E-state index contributed by atoms with van der Waals surface area (Å²) in [6, 6.07) is 18.9. The van der Waals surface area contributed by atoms with Gasteiger partial charge in [0.1, 0.15) is 0 Å². The number of sulfonamides is 1. The second kappa shape index (κ2) is 8.62. The van der Waals surface area contributed by atoms with Crippen molar-refractivity contribution < 1.29 is 13.2 Å². The summed E-state index contributed by atoms with van der Waals surface area (Å²) in [5.41, 5.74) is 1.79. The first kappa shape index (κ1) is 17.4. The van der Waals surface area contributed by atoms with Crippen LogP contribution in [0.25, 0.3) is 6.08 Å². The van der Waals surface area contributed by atoms with Gasteiger partial charge in [0, 0.05) is 25.6 Å². The molecule has 2 rings (SSSR count). The van der Waals surface area contributed by atoms with Gasteiger partial charge in [-0.1, -0.05) is 60.7 Å². The number of hydrogen-bond donors (Lipinski definition) is 0. The number of hydrogen-bond acceptors (Lipinski definition) is 3. The lowest BCUT2D eigenvalue weighted by molar-refractivity contribution is 0.178. The molecule has 0 unspecified atom stereocenters. The van der Waals surface area contributed by atoms with Gasteiger partial charge in [0.05, 0.1) is 6.61 Å². The highest BCUT2D eigenvalue weighted by molar-refractivity contribution is 7.92. The van der Waals surface area contributed by atoms with Gasteiger partial charge in [0.2, 0.25) is 10.0 Å². The zero-order valence-electron chi connectivity index (χ0n) is 13.1. The van der Waals surface area contributed by atoms with Crippen LogP contribution in [0, 0.1) is 0 Å². The van der Waals surface area contributed by atoms with E-state index in [0.29, 0.717) is 19.7 Å². The van der Waals surface area contributed by atoms with E-state index >= 15 is 0 Å². The predicted molar refractivity (Wildman–Crippen MR) is 93.1 cm³/mol. The van der Waals surface area contributed by atoms with Crippen LogP contribution in [0.5, 0.6) is 0 Å². The summed E-state index contributed by atoms with van der Waals surface area (Å²) in [6.07, 6.45) is 1.61. The van der Waals surface area contributed by atoms with Crippen molar-refractivity contribution in [3.63, 3.8) is 0 Å². The highest BCUT2D eigenvalue weighted by Gasteiger charge is 2.19. The molecule has 0 fully saturated rings. The Labute approximate surface area is 138 Å². The fourth-order valence-electron chi connectivity index (χ4n) is 2.09. The Balaban J connectivity index is 2.17. The van der Waals surface area contributed by atoms with Crippen molar-refractivity contribution in [1.29, 1.82) is 0 Å². The molecule has 5 heteroatoms. The predicted octanol–water partition coefficient (Wildman–Crippen LogP) is 3.14. The van der Waals surface area contributed by atoms with Crippen LogP contribution in [0.3, 0.4) is 0 Å². The molecular weight excluding hydrogens is 310 g/mol. The van der Waals surface area contributed by atoms with E-state index in [9.17, 15) is 8.42 Å². The van der Waals surface area contributed by atoms with E-state index in [4.69, 9.17) is 4.74 Å². The van der Waals surface area contributed by atoms with E-state index in [0.717, 1.165) is 11.1 Å². The monoisotopic (exact) mass is 331 g/mol. The van der Waals surface area contributed by atoms with E-state index in [1.54, 1.807) is 13.2 Å². The third kappa shape index (κ3) is 5.63. The van der Waals surface area contributed by atoms with E-state index in [1.807, 2.05) is 60.7 Å². The Kier molecular flexibility index (Phi) is 6.52. The first-order valence-corrected chi connectivity index (χ1v) is 8.88. The van der Waals surface area contributed by atoms with Crippen LogP contribution >= 0.6 is 0 Å². The molecule has 23 heavy (non-hydrogen) atoms. The summed E-state index contributed by atoms with van der Waals surface area (Å²) in [5, 5.41) is 1.25. The first-order valence-electron chi connectivity index (χ1n) is 7.38. The van der Waals surface area contributed by atoms with Crippen LogP contribution in [0.15, 0.2) is 66.1 Å². The number of rotatable bonds is 8. The molecule has 4 nitrogen and oxygen atoms in total. The molecule has 0 atom stereocenters. The topological polar surface area (TPSA) is 46.6 Å². The molecule has 0 N–H and O–H groups in total. The third-order valence-electron chi connectivity index (χ3n) is 3.34. The largest absolute Gasteiger partial charge is 0.383 e. The molecule has 0 heterocycles. The molecule has 0 saturated heterocycles. The highest BCUT2D eigenvalue weighted by Crippen LogP contribution is 2.12. The zero-order valence-corrected chi connectivity index (χ0v) is 13.9. The normalized spacial score (nSPS) is 12.1. The molecule has 0 spiro atoms. The first-order chi connectivity index (χ1) is 11.1. The molecule has 0 amide bonds. The van der Waals surface area contributed by atoms with Crippen molar-refractivity contribution in [2.45, 2.75) is 6.54 Å². The minimum Gasteiger partial charge on any atom is -0.383 e. The summed E-state index contributed by atoms with van der Waals surface area (Å²) in [7, 11) is -1.96. The van der Waals surface area contributed by atoms with Gasteiger partial charge in [-0.05, 0) is 17.2 Å². The van der Waals surface area contributed by atoms with Crippen molar-refractivity contribution >= 4 is 16.1 Å². The number of benzene rings is 2. The van der Waals surface area contributed by atoms with Gasteiger partial charge in [-0.2, -0.15) is 4.31 Å². The van der Waals surface area contributed by atoms with Crippen molar-refractivity contribution in [2.24, 2.45) is 0 Å². The molecule has 2 aromatic carbocycles. The average Bonchev–Trinajstić information content (AvgIpc) is 2.58. The van der Waals surface area contributed by atoms with Gasteiger partial charge < -0.3 is 4.74 Å². The summed E-state index contributed by atoms with van der Waals surface area (Å²) < 4.78 is 31.7. The molecular formula is C18H21NO3S. The Hall–Kier alpha value is -1.95.